The highest BCUT2D eigenvalue weighted by Gasteiger charge is 2.10. The van der Waals surface area contributed by atoms with Gasteiger partial charge in [0.2, 0.25) is 0 Å². The third-order valence-electron chi connectivity index (χ3n) is 3.95. The maximum absolute atomic E-state index is 11.2. The lowest BCUT2D eigenvalue weighted by atomic mass is 10.2. The van der Waals surface area contributed by atoms with Crippen LogP contribution in [0.1, 0.15) is 11.1 Å². The Morgan fingerprint density at radius 3 is 2.68 bits per heavy atom. The molecule has 0 saturated heterocycles. The first-order chi connectivity index (χ1) is 13.4. The van der Waals surface area contributed by atoms with Crippen LogP contribution in [0, 0.1) is 6.92 Å². The maximum atomic E-state index is 11.2. The van der Waals surface area contributed by atoms with Crippen LogP contribution in [0.2, 0.25) is 0 Å². The van der Waals surface area contributed by atoms with Crippen LogP contribution in [0.25, 0.3) is 6.08 Å². The first-order valence-corrected chi connectivity index (χ1v) is 9.47. The molecule has 1 atom stereocenters. The summed E-state index contributed by atoms with van der Waals surface area (Å²) in [6.07, 6.45) is 2.25. The molecular formula is C21H24BrNO5. The molecule has 0 amide bonds. The molecule has 0 aliphatic heterocycles. The number of halogens is 1. The van der Waals surface area contributed by atoms with E-state index in [4.69, 9.17) is 9.47 Å². The van der Waals surface area contributed by atoms with Gasteiger partial charge < -0.3 is 24.6 Å². The molecule has 0 saturated carbocycles. The average molecular weight is 450 g/mol. The molecule has 0 radical (unpaired) electrons. The van der Waals surface area contributed by atoms with Gasteiger partial charge in [-0.1, -0.05) is 22.0 Å². The normalized spacial score (nSPS) is 11.9. The second-order valence-corrected chi connectivity index (χ2v) is 6.99. The molecule has 0 heterocycles. The van der Waals surface area contributed by atoms with E-state index in [1.807, 2.05) is 25.1 Å². The molecule has 150 valence electrons. The number of aryl methyl sites for hydroxylation is 1. The minimum atomic E-state index is -0.702. The molecule has 2 N–H and O–H groups in total. The molecule has 7 heteroatoms. The Morgan fingerprint density at radius 2 is 2.00 bits per heavy atom. The number of aliphatic hydroxyl groups is 1. The van der Waals surface area contributed by atoms with Crippen LogP contribution in [0.3, 0.4) is 0 Å². The Labute approximate surface area is 173 Å². The van der Waals surface area contributed by atoms with Crippen molar-refractivity contribution < 1.29 is 24.1 Å². The summed E-state index contributed by atoms with van der Waals surface area (Å²) in [5.41, 5.74) is 2.81. The number of ether oxygens (including phenoxy) is 3. The third-order valence-corrected chi connectivity index (χ3v) is 4.44. The second-order valence-electron chi connectivity index (χ2n) is 6.07. The summed E-state index contributed by atoms with van der Waals surface area (Å²) in [4.78, 5) is 11.2. The fraction of sp³-hybridized carbons (Fsp3) is 0.286. The largest absolute Gasteiger partial charge is 0.493 e. The van der Waals surface area contributed by atoms with Gasteiger partial charge in [-0.25, -0.2) is 4.79 Å². The van der Waals surface area contributed by atoms with E-state index in [1.165, 1.54) is 20.3 Å². The van der Waals surface area contributed by atoms with Crippen molar-refractivity contribution in [3.05, 3.63) is 58.1 Å². The van der Waals surface area contributed by atoms with E-state index in [9.17, 15) is 9.90 Å². The van der Waals surface area contributed by atoms with E-state index in [2.05, 4.69) is 26.0 Å². The Morgan fingerprint density at radius 1 is 1.21 bits per heavy atom. The molecule has 2 aromatic carbocycles. The maximum Gasteiger partial charge on any atom is 0.330 e. The Hall–Kier alpha value is -2.51. The number of carbonyl (C=O) groups is 1. The molecule has 28 heavy (non-hydrogen) atoms. The predicted octanol–water partition coefficient (Wildman–Crippen LogP) is 3.80. The number of nitrogens with one attached hydrogen (secondary N) is 1. The minimum absolute atomic E-state index is 0.107. The summed E-state index contributed by atoms with van der Waals surface area (Å²) in [6.45, 7) is 2.46. The minimum Gasteiger partial charge on any atom is -0.493 e. The molecule has 0 bridgehead atoms. The molecule has 0 aliphatic carbocycles. The summed E-state index contributed by atoms with van der Waals surface area (Å²) in [5, 5.41) is 13.4. The molecule has 0 aliphatic rings. The quantitative estimate of drug-likeness (QED) is 0.447. The molecule has 0 spiro atoms. The molecule has 0 fully saturated rings. The zero-order chi connectivity index (χ0) is 20.5. The summed E-state index contributed by atoms with van der Waals surface area (Å²) in [7, 11) is 2.85. The van der Waals surface area contributed by atoms with Crippen molar-refractivity contribution in [1.29, 1.82) is 0 Å². The lowest BCUT2D eigenvalue weighted by Crippen LogP contribution is -2.26. The van der Waals surface area contributed by atoms with Gasteiger partial charge in [0.05, 0.1) is 14.2 Å². The summed E-state index contributed by atoms with van der Waals surface area (Å²) < 4.78 is 16.6. The topological polar surface area (TPSA) is 77.0 Å². The fourth-order valence-electron chi connectivity index (χ4n) is 2.44. The van der Waals surface area contributed by atoms with Gasteiger partial charge in [0.25, 0.3) is 0 Å². The number of benzene rings is 2. The Kier molecular flexibility index (Phi) is 8.35. The molecule has 0 aromatic heterocycles. The van der Waals surface area contributed by atoms with Crippen LogP contribution in [-0.2, 0) is 9.53 Å². The smallest absolute Gasteiger partial charge is 0.330 e. The van der Waals surface area contributed by atoms with Crippen molar-refractivity contribution in [3.63, 3.8) is 0 Å². The van der Waals surface area contributed by atoms with E-state index in [0.717, 1.165) is 21.3 Å². The van der Waals surface area contributed by atoms with E-state index in [1.54, 1.807) is 24.3 Å². The number of rotatable bonds is 9. The van der Waals surface area contributed by atoms with Gasteiger partial charge >= 0.3 is 5.97 Å². The van der Waals surface area contributed by atoms with E-state index >= 15 is 0 Å². The van der Waals surface area contributed by atoms with Crippen LogP contribution >= 0.6 is 15.9 Å². The monoisotopic (exact) mass is 449 g/mol. The molecule has 2 rings (SSSR count). The molecule has 2 aromatic rings. The highest BCUT2D eigenvalue weighted by Crippen LogP contribution is 2.28. The van der Waals surface area contributed by atoms with E-state index in [0.29, 0.717) is 18.0 Å². The van der Waals surface area contributed by atoms with Gasteiger partial charge in [-0.15, -0.1) is 0 Å². The van der Waals surface area contributed by atoms with Gasteiger partial charge in [0.1, 0.15) is 12.7 Å². The van der Waals surface area contributed by atoms with Crippen LogP contribution in [-0.4, -0.2) is 44.6 Å². The first kappa shape index (κ1) is 21.8. The van der Waals surface area contributed by atoms with Crippen molar-refractivity contribution in [2.45, 2.75) is 13.0 Å². The van der Waals surface area contributed by atoms with Gasteiger partial charge in [0.15, 0.2) is 11.5 Å². The lowest BCUT2D eigenvalue weighted by molar-refractivity contribution is -0.134. The van der Waals surface area contributed by atoms with Crippen molar-refractivity contribution in [1.82, 2.24) is 0 Å². The van der Waals surface area contributed by atoms with Gasteiger partial charge in [-0.05, 0) is 54.5 Å². The lowest BCUT2D eigenvalue weighted by Gasteiger charge is -2.17. The number of hydrogen-bond donors (Lipinski definition) is 2. The molecular weight excluding hydrogens is 426 g/mol. The van der Waals surface area contributed by atoms with E-state index < -0.39 is 12.1 Å². The number of anilines is 1. The van der Waals surface area contributed by atoms with Gasteiger partial charge in [-0.3, -0.25) is 0 Å². The van der Waals surface area contributed by atoms with Gasteiger partial charge in [-0.2, -0.15) is 0 Å². The zero-order valence-corrected chi connectivity index (χ0v) is 17.7. The van der Waals surface area contributed by atoms with Crippen molar-refractivity contribution in [2.24, 2.45) is 0 Å². The van der Waals surface area contributed by atoms with Crippen LogP contribution < -0.4 is 14.8 Å². The molecule has 6 nitrogen and oxygen atoms in total. The average Bonchev–Trinajstić information content (AvgIpc) is 2.69. The van der Waals surface area contributed by atoms with Crippen molar-refractivity contribution in [2.75, 3.05) is 32.7 Å². The van der Waals surface area contributed by atoms with Gasteiger partial charge in [0, 0.05) is 22.8 Å². The Bertz CT molecular complexity index is 838. The summed E-state index contributed by atoms with van der Waals surface area (Å²) in [5.74, 6) is 0.587. The third kappa shape index (κ3) is 6.58. The van der Waals surface area contributed by atoms with Crippen LogP contribution in [0.5, 0.6) is 11.5 Å². The summed E-state index contributed by atoms with van der Waals surface area (Å²) in [6, 6.07) is 11.2. The highest BCUT2D eigenvalue weighted by atomic mass is 79.9. The second kappa shape index (κ2) is 10.7. The SMILES string of the molecule is COC(=O)/C=C/c1ccc(OCC(O)CNc2ccc(Br)cc2C)c(OC)c1. The zero-order valence-electron chi connectivity index (χ0n) is 16.1. The van der Waals surface area contributed by atoms with Crippen LogP contribution in [0.4, 0.5) is 5.69 Å². The number of aliphatic hydroxyl groups excluding tert-OH is 1. The number of esters is 1. The van der Waals surface area contributed by atoms with Crippen molar-refractivity contribution in [3.8, 4) is 11.5 Å². The number of methoxy groups -OCH3 is 2. The standard InChI is InChI=1S/C21H24BrNO5/c1-14-10-16(22)6-7-18(14)23-12-17(24)13-28-19-8-4-15(11-20(19)26-2)5-9-21(25)27-3/h4-11,17,23-24H,12-13H2,1-3H3/b9-5+. The van der Waals surface area contributed by atoms with E-state index in [-0.39, 0.29) is 6.61 Å². The Balaban J connectivity index is 1.91. The first-order valence-electron chi connectivity index (χ1n) is 8.68. The van der Waals surface area contributed by atoms with Crippen LogP contribution in [0.15, 0.2) is 46.9 Å². The van der Waals surface area contributed by atoms with Crippen molar-refractivity contribution >= 4 is 33.7 Å². The highest BCUT2D eigenvalue weighted by molar-refractivity contribution is 9.10. The fourth-order valence-corrected chi connectivity index (χ4v) is 2.91. The summed E-state index contributed by atoms with van der Waals surface area (Å²) >= 11 is 3.43. The number of carbonyl (C=O) groups excluding carboxylic acids is 1. The number of hydrogen-bond acceptors (Lipinski definition) is 6. The predicted molar refractivity (Wildman–Crippen MR) is 113 cm³/mol. The molecule has 1 unspecified atom stereocenters.